The number of carbonyl (C=O) groups excluding carboxylic acids is 1. The highest BCUT2D eigenvalue weighted by Crippen LogP contribution is 2.43. The Labute approximate surface area is 141 Å². The van der Waals surface area contributed by atoms with Crippen molar-refractivity contribution in [1.82, 2.24) is 10.2 Å². The van der Waals surface area contributed by atoms with Crippen LogP contribution in [0.25, 0.3) is 0 Å². The van der Waals surface area contributed by atoms with Crippen LogP contribution >= 0.6 is 0 Å². The summed E-state index contributed by atoms with van der Waals surface area (Å²) in [7, 11) is 1.59. The van der Waals surface area contributed by atoms with Crippen molar-refractivity contribution < 1.29 is 19.4 Å². The summed E-state index contributed by atoms with van der Waals surface area (Å²) < 4.78 is 10.7. The Balaban J connectivity index is 1.92. The van der Waals surface area contributed by atoms with Crippen LogP contribution < -0.4 is 10.1 Å². The first-order valence-corrected chi connectivity index (χ1v) is 8.12. The number of fused-ring (bicyclic) bond motifs is 1. The van der Waals surface area contributed by atoms with Crippen molar-refractivity contribution in [3.05, 3.63) is 23.8 Å². The van der Waals surface area contributed by atoms with E-state index in [4.69, 9.17) is 9.47 Å². The van der Waals surface area contributed by atoms with Gasteiger partial charge >= 0.3 is 0 Å². The maximum absolute atomic E-state index is 11.5. The normalized spacial score (nSPS) is 22.8. The minimum absolute atomic E-state index is 0.118. The zero-order chi connectivity index (χ0) is 17.2. The molecule has 0 aliphatic carbocycles. The van der Waals surface area contributed by atoms with E-state index in [2.05, 4.69) is 15.2 Å². The maximum atomic E-state index is 11.5. The topological polar surface area (TPSA) is 83.4 Å². The maximum Gasteiger partial charge on any atom is 0.216 e. The van der Waals surface area contributed by atoms with E-state index < -0.39 is 5.60 Å². The lowest BCUT2D eigenvalue weighted by Crippen LogP contribution is -2.50. The van der Waals surface area contributed by atoms with E-state index in [-0.39, 0.29) is 5.91 Å². The summed E-state index contributed by atoms with van der Waals surface area (Å²) in [5.74, 6) is 1.18. The second-order valence-corrected chi connectivity index (χ2v) is 6.01. The predicted molar refractivity (Wildman–Crippen MR) is 89.7 cm³/mol. The van der Waals surface area contributed by atoms with Crippen LogP contribution in [0.5, 0.6) is 5.75 Å². The SMILES string of the molecule is COc1ccc2c(c1)C(O)(CCNC(C)=O)C(N1CCOCC1)=N2. The van der Waals surface area contributed by atoms with Crippen LogP contribution in [-0.4, -0.2) is 61.7 Å². The van der Waals surface area contributed by atoms with E-state index in [1.165, 1.54) is 6.92 Å². The molecule has 1 amide bonds. The Morgan fingerprint density at radius 3 is 2.88 bits per heavy atom. The Morgan fingerprint density at radius 1 is 1.46 bits per heavy atom. The minimum atomic E-state index is -1.25. The molecule has 0 spiro atoms. The average molecular weight is 333 g/mol. The third-order valence-electron chi connectivity index (χ3n) is 4.42. The van der Waals surface area contributed by atoms with Crippen molar-refractivity contribution in [2.75, 3.05) is 40.0 Å². The van der Waals surface area contributed by atoms with Gasteiger partial charge in [-0.2, -0.15) is 0 Å². The Morgan fingerprint density at radius 2 is 2.21 bits per heavy atom. The number of ether oxygens (including phenoxy) is 2. The molecule has 1 saturated heterocycles. The number of amidine groups is 1. The van der Waals surface area contributed by atoms with Crippen LogP contribution in [0.2, 0.25) is 0 Å². The number of amides is 1. The zero-order valence-electron chi connectivity index (χ0n) is 14.0. The summed E-state index contributed by atoms with van der Waals surface area (Å²) >= 11 is 0. The molecule has 7 nitrogen and oxygen atoms in total. The van der Waals surface area contributed by atoms with E-state index in [0.717, 1.165) is 5.69 Å². The number of morpholine rings is 1. The van der Waals surface area contributed by atoms with Gasteiger partial charge in [-0.15, -0.1) is 0 Å². The predicted octanol–water partition coefficient (Wildman–Crippen LogP) is 0.785. The molecule has 0 bridgehead atoms. The van der Waals surface area contributed by atoms with Gasteiger partial charge in [0.15, 0.2) is 5.60 Å². The second-order valence-electron chi connectivity index (χ2n) is 6.01. The largest absolute Gasteiger partial charge is 0.497 e. The van der Waals surface area contributed by atoms with Gasteiger partial charge in [0.1, 0.15) is 11.6 Å². The summed E-state index contributed by atoms with van der Waals surface area (Å²) in [6.07, 6.45) is 0.350. The van der Waals surface area contributed by atoms with Crippen LogP contribution in [0.1, 0.15) is 18.9 Å². The molecule has 7 heteroatoms. The smallest absolute Gasteiger partial charge is 0.216 e. The summed E-state index contributed by atoms with van der Waals surface area (Å²) in [5, 5.41) is 14.2. The van der Waals surface area contributed by atoms with E-state index >= 15 is 0 Å². The second kappa shape index (κ2) is 6.78. The molecule has 2 aliphatic rings. The van der Waals surface area contributed by atoms with Crippen molar-refractivity contribution in [2.24, 2.45) is 4.99 Å². The van der Waals surface area contributed by atoms with Crippen LogP contribution in [0.3, 0.4) is 0 Å². The van der Waals surface area contributed by atoms with Crippen LogP contribution in [-0.2, 0) is 15.1 Å². The van der Waals surface area contributed by atoms with Crippen molar-refractivity contribution >= 4 is 17.4 Å². The first kappa shape index (κ1) is 16.7. The lowest BCUT2D eigenvalue weighted by Gasteiger charge is -2.36. The number of carbonyl (C=O) groups is 1. The number of aliphatic hydroxyl groups is 1. The monoisotopic (exact) mass is 333 g/mol. The lowest BCUT2D eigenvalue weighted by molar-refractivity contribution is -0.119. The van der Waals surface area contributed by atoms with Gasteiger partial charge in [0.25, 0.3) is 0 Å². The van der Waals surface area contributed by atoms with Crippen LogP contribution in [0.15, 0.2) is 23.2 Å². The number of nitrogens with one attached hydrogen (secondary N) is 1. The number of hydrogen-bond donors (Lipinski definition) is 2. The molecule has 1 aromatic carbocycles. The van der Waals surface area contributed by atoms with E-state index in [9.17, 15) is 9.90 Å². The molecule has 1 atom stereocenters. The summed E-state index contributed by atoms with van der Waals surface area (Å²) in [4.78, 5) is 17.9. The van der Waals surface area contributed by atoms with Gasteiger partial charge in [0.2, 0.25) is 5.91 Å². The fraction of sp³-hybridized carbons (Fsp3) is 0.529. The number of benzene rings is 1. The number of nitrogens with zero attached hydrogens (tertiary/aromatic N) is 2. The van der Waals surface area contributed by atoms with Gasteiger partial charge in [0.05, 0.1) is 26.0 Å². The van der Waals surface area contributed by atoms with Gasteiger partial charge in [-0.1, -0.05) is 0 Å². The molecule has 2 N–H and O–H groups in total. The van der Waals surface area contributed by atoms with Gasteiger partial charge in [0, 0.05) is 38.5 Å². The fourth-order valence-electron chi connectivity index (χ4n) is 3.17. The van der Waals surface area contributed by atoms with Crippen molar-refractivity contribution in [3.8, 4) is 5.75 Å². The quantitative estimate of drug-likeness (QED) is 0.851. The average Bonchev–Trinajstić information content (AvgIpc) is 2.88. The third-order valence-corrected chi connectivity index (χ3v) is 4.42. The summed E-state index contributed by atoms with van der Waals surface area (Å²) in [6, 6.07) is 5.50. The first-order chi connectivity index (χ1) is 11.5. The molecule has 2 aliphatic heterocycles. The molecular formula is C17H23N3O4. The molecule has 24 heavy (non-hydrogen) atoms. The molecule has 0 radical (unpaired) electrons. The number of aliphatic imine (C=N–C) groups is 1. The van der Waals surface area contributed by atoms with Crippen molar-refractivity contribution in [2.45, 2.75) is 18.9 Å². The van der Waals surface area contributed by atoms with E-state index in [0.29, 0.717) is 56.4 Å². The summed E-state index contributed by atoms with van der Waals surface area (Å²) in [6.45, 7) is 4.43. The Bertz CT molecular complexity index is 655. The van der Waals surface area contributed by atoms with Gasteiger partial charge < -0.3 is 24.8 Å². The van der Waals surface area contributed by atoms with Gasteiger partial charge in [-0.25, -0.2) is 4.99 Å². The Hall–Kier alpha value is -2.12. The van der Waals surface area contributed by atoms with Crippen molar-refractivity contribution in [3.63, 3.8) is 0 Å². The highest BCUT2D eigenvalue weighted by Gasteiger charge is 2.44. The van der Waals surface area contributed by atoms with Gasteiger partial charge in [-0.05, 0) is 18.2 Å². The highest BCUT2D eigenvalue weighted by molar-refractivity contribution is 5.99. The molecule has 1 unspecified atom stereocenters. The third kappa shape index (κ3) is 3.09. The lowest BCUT2D eigenvalue weighted by atomic mass is 9.89. The minimum Gasteiger partial charge on any atom is -0.497 e. The Kier molecular flexibility index (Phi) is 4.73. The standard InChI is InChI=1S/C17H23N3O4/c1-12(21)18-6-5-17(22)14-11-13(23-2)3-4-15(14)19-16(17)20-7-9-24-10-8-20/h3-4,11,22H,5-10H2,1-2H3,(H,18,21). The first-order valence-electron chi connectivity index (χ1n) is 8.12. The molecular weight excluding hydrogens is 310 g/mol. The highest BCUT2D eigenvalue weighted by atomic mass is 16.5. The van der Waals surface area contributed by atoms with E-state index in [1.54, 1.807) is 7.11 Å². The van der Waals surface area contributed by atoms with E-state index in [1.807, 2.05) is 18.2 Å². The molecule has 0 aromatic heterocycles. The van der Waals surface area contributed by atoms with Gasteiger partial charge in [-0.3, -0.25) is 4.79 Å². The zero-order valence-corrected chi connectivity index (χ0v) is 14.0. The molecule has 2 heterocycles. The van der Waals surface area contributed by atoms with Crippen molar-refractivity contribution in [1.29, 1.82) is 0 Å². The molecule has 0 saturated carbocycles. The van der Waals surface area contributed by atoms with Crippen LogP contribution in [0, 0.1) is 0 Å². The van der Waals surface area contributed by atoms with Crippen LogP contribution in [0.4, 0.5) is 5.69 Å². The summed E-state index contributed by atoms with van der Waals surface area (Å²) in [5.41, 5.74) is 0.209. The number of methoxy groups -OCH3 is 1. The molecule has 3 rings (SSSR count). The molecule has 1 fully saturated rings. The molecule has 1 aromatic rings. The number of rotatable bonds is 4. The fourth-order valence-corrected chi connectivity index (χ4v) is 3.17. The molecule has 130 valence electrons. The number of hydrogen-bond acceptors (Lipinski definition) is 6.